The molecule has 2 rings (SSSR count). The van der Waals surface area contributed by atoms with Gasteiger partial charge in [0.05, 0.1) is 4.88 Å². The second-order valence-corrected chi connectivity index (χ2v) is 6.06. The van der Waals surface area contributed by atoms with Crippen LogP contribution in [0.15, 0.2) is 36.4 Å². The van der Waals surface area contributed by atoms with Crippen molar-refractivity contribution in [1.82, 2.24) is 0 Å². The van der Waals surface area contributed by atoms with Gasteiger partial charge in [0, 0.05) is 20.4 Å². The molecule has 0 aliphatic rings. The summed E-state index contributed by atoms with van der Waals surface area (Å²) in [5.41, 5.74) is 1.22. The van der Waals surface area contributed by atoms with E-state index in [0.29, 0.717) is 6.42 Å². The number of carbonyl (C=O) groups excluding carboxylic acids is 1. The molecule has 17 heavy (non-hydrogen) atoms. The summed E-state index contributed by atoms with van der Waals surface area (Å²) in [7, 11) is 0. The predicted molar refractivity (Wildman–Crippen MR) is 81.7 cm³/mol. The Morgan fingerprint density at radius 2 is 2.00 bits per heavy atom. The fraction of sp³-hybridized carbons (Fsp3) is 0.214. The lowest BCUT2D eigenvalue weighted by Crippen LogP contribution is -1.93. The standard InChI is InChI=1S/C14H13IOS/c1-2-5-12(16)14-9-8-13(17-14)10-6-3-4-7-11(10)15/h3-4,6-9H,2,5H2,1H3. The van der Waals surface area contributed by atoms with Crippen LogP contribution in [-0.2, 0) is 0 Å². The van der Waals surface area contributed by atoms with Crippen LogP contribution in [0, 0.1) is 3.57 Å². The monoisotopic (exact) mass is 356 g/mol. The van der Waals surface area contributed by atoms with Gasteiger partial charge in [0.15, 0.2) is 5.78 Å². The van der Waals surface area contributed by atoms with Gasteiger partial charge in [-0.15, -0.1) is 11.3 Å². The van der Waals surface area contributed by atoms with Gasteiger partial charge < -0.3 is 0 Å². The molecule has 0 saturated heterocycles. The minimum atomic E-state index is 0.259. The number of benzene rings is 1. The maximum atomic E-state index is 11.8. The summed E-state index contributed by atoms with van der Waals surface area (Å²) in [6, 6.07) is 12.2. The van der Waals surface area contributed by atoms with Crippen LogP contribution in [-0.4, -0.2) is 5.78 Å². The summed E-state index contributed by atoms with van der Waals surface area (Å²) < 4.78 is 1.22. The molecule has 0 spiro atoms. The van der Waals surface area contributed by atoms with Crippen LogP contribution < -0.4 is 0 Å². The van der Waals surface area contributed by atoms with E-state index in [-0.39, 0.29) is 5.78 Å². The summed E-state index contributed by atoms with van der Waals surface area (Å²) in [6.07, 6.45) is 1.56. The van der Waals surface area contributed by atoms with Crippen molar-refractivity contribution in [3.05, 3.63) is 44.8 Å². The maximum Gasteiger partial charge on any atom is 0.172 e. The van der Waals surface area contributed by atoms with Crippen LogP contribution >= 0.6 is 33.9 Å². The first-order chi connectivity index (χ1) is 8.22. The van der Waals surface area contributed by atoms with Gasteiger partial charge in [-0.3, -0.25) is 4.79 Å². The van der Waals surface area contributed by atoms with Crippen molar-refractivity contribution in [3.8, 4) is 10.4 Å². The number of ketones is 1. The smallest absolute Gasteiger partial charge is 0.172 e. The number of carbonyl (C=O) groups is 1. The zero-order valence-electron chi connectivity index (χ0n) is 9.57. The van der Waals surface area contributed by atoms with Crippen LogP contribution in [0.2, 0.25) is 0 Å². The fourth-order valence-electron chi connectivity index (χ4n) is 1.64. The summed E-state index contributed by atoms with van der Waals surface area (Å²) in [6.45, 7) is 2.03. The maximum absolute atomic E-state index is 11.8. The molecule has 3 heteroatoms. The molecule has 0 amide bonds. The lowest BCUT2D eigenvalue weighted by Gasteiger charge is -2.00. The zero-order valence-corrected chi connectivity index (χ0v) is 12.5. The normalized spacial score (nSPS) is 10.5. The van der Waals surface area contributed by atoms with E-state index in [1.807, 2.05) is 31.2 Å². The number of rotatable bonds is 4. The third-order valence-electron chi connectivity index (χ3n) is 2.50. The molecule has 0 saturated carbocycles. The Labute approximate surface area is 119 Å². The molecule has 0 fully saturated rings. The first kappa shape index (κ1) is 12.8. The van der Waals surface area contributed by atoms with Gasteiger partial charge in [-0.25, -0.2) is 0 Å². The van der Waals surface area contributed by atoms with Crippen LogP contribution in [0.5, 0.6) is 0 Å². The van der Waals surface area contributed by atoms with E-state index in [0.717, 1.165) is 11.3 Å². The molecule has 88 valence electrons. The first-order valence-corrected chi connectivity index (χ1v) is 7.50. The van der Waals surface area contributed by atoms with Crippen molar-refractivity contribution in [2.75, 3.05) is 0 Å². The first-order valence-electron chi connectivity index (χ1n) is 5.60. The Bertz CT molecular complexity index is 531. The van der Waals surface area contributed by atoms with Crippen LogP contribution in [0.3, 0.4) is 0 Å². The molecule has 0 unspecified atom stereocenters. The van der Waals surface area contributed by atoms with Crippen molar-refractivity contribution < 1.29 is 4.79 Å². The Balaban J connectivity index is 2.30. The molecule has 0 radical (unpaired) electrons. The van der Waals surface area contributed by atoms with E-state index in [9.17, 15) is 4.79 Å². The van der Waals surface area contributed by atoms with Gasteiger partial charge in [-0.05, 0) is 47.2 Å². The molecule has 0 atom stereocenters. The summed E-state index contributed by atoms with van der Waals surface area (Å²) in [5.74, 6) is 0.259. The molecule has 0 aliphatic carbocycles. The molecule has 0 N–H and O–H groups in total. The molecule has 1 heterocycles. The average molecular weight is 356 g/mol. The summed E-state index contributed by atoms with van der Waals surface area (Å²) in [4.78, 5) is 13.8. The molecule has 1 nitrogen and oxygen atoms in total. The van der Waals surface area contributed by atoms with Gasteiger partial charge in [0.1, 0.15) is 0 Å². The number of thiophene rings is 1. The molecule has 0 aliphatic heterocycles. The molecule has 1 aromatic heterocycles. The Morgan fingerprint density at radius 1 is 1.24 bits per heavy atom. The molecule has 0 bridgehead atoms. The van der Waals surface area contributed by atoms with E-state index < -0.39 is 0 Å². The highest BCUT2D eigenvalue weighted by atomic mass is 127. The van der Waals surface area contributed by atoms with E-state index in [1.165, 1.54) is 14.0 Å². The minimum Gasteiger partial charge on any atom is -0.293 e. The third-order valence-corrected chi connectivity index (χ3v) is 4.60. The predicted octanol–water partition coefficient (Wildman–Crippen LogP) is 5.00. The Kier molecular flexibility index (Phi) is 4.34. The van der Waals surface area contributed by atoms with Crippen molar-refractivity contribution in [1.29, 1.82) is 0 Å². The number of hydrogen-bond acceptors (Lipinski definition) is 2. The molecular weight excluding hydrogens is 343 g/mol. The quantitative estimate of drug-likeness (QED) is 0.556. The van der Waals surface area contributed by atoms with Crippen molar-refractivity contribution >= 4 is 39.7 Å². The lowest BCUT2D eigenvalue weighted by atomic mass is 10.2. The van der Waals surface area contributed by atoms with E-state index in [1.54, 1.807) is 11.3 Å². The number of halogens is 1. The third kappa shape index (κ3) is 2.96. The SMILES string of the molecule is CCCC(=O)c1ccc(-c2ccccc2I)s1. The molecule has 1 aromatic carbocycles. The van der Waals surface area contributed by atoms with Crippen molar-refractivity contribution in [3.63, 3.8) is 0 Å². The largest absolute Gasteiger partial charge is 0.293 e. The van der Waals surface area contributed by atoms with Crippen LogP contribution in [0.4, 0.5) is 0 Å². The van der Waals surface area contributed by atoms with Gasteiger partial charge >= 0.3 is 0 Å². The van der Waals surface area contributed by atoms with E-state index >= 15 is 0 Å². The van der Waals surface area contributed by atoms with Crippen molar-refractivity contribution in [2.45, 2.75) is 19.8 Å². The number of hydrogen-bond donors (Lipinski definition) is 0. The fourth-order valence-corrected chi connectivity index (χ4v) is 3.52. The van der Waals surface area contributed by atoms with Crippen molar-refractivity contribution in [2.24, 2.45) is 0 Å². The van der Waals surface area contributed by atoms with Crippen LogP contribution in [0.25, 0.3) is 10.4 Å². The highest BCUT2D eigenvalue weighted by Gasteiger charge is 2.10. The lowest BCUT2D eigenvalue weighted by molar-refractivity contribution is 0.0985. The van der Waals surface area contributed by atoms with E-state index in [2.05, 4.69) is 34.7 Å². The van der Waals surface area contributed by atoms with Gasteiger partial charge in [0.25, 0.3) is 0 Å². The van der Waals surface area contributed by atoms with Gasteiger partial charge in [0.2, 0.25) is 0 Å². The summed E-state index contributed by atoms with van der Waals surface area (Å²) in [5, 5.41) is 0. The summed E-state index contributed by atoms with van der Waals surface area (Å²) >= 11 is 3.92. The Morgan fingerprint density at radius 3 is 2.71 bits per heavy atom. The topological polar surface area (TPSA) is 17.1 Å². The molecular formula is C14H13IOS. The zero-order chi connectivity index (χ0) is 12.3. The molecule has 2 aromatic rings. The average Bonchev–Trinajstić information content (AvgIpc) is 2.79. The Hall–Kier alpha value is -0.680. The minimum absolute atomic E-state index is 0.259. The second kappa shape index (κ2) is 5.78. The van der Waals surface area contributed by atoms with Gasteiger partial charge in [-0.2, -0.15) is 0 Å². The van der Waals surface area contributed by atoms with Crippen LogP contribution in [0.1, 0.15) is 29.4 Å². The number of Topliss-reactive ketones (excluding diaryl/α,β-unsaturated/α-hetero) is 1. The van der Waals surface area contributed by atoms with E-state index in [4.69, 9.17) is 0 Å². The highest BCUT2D eigenvalue weighted by molar-refractivity contribution is 14.1. The highest BCUT2D eigenvalue weighted by Crippen LogP contribution is 2.31. The second-order valence-electron chi connectivity index (χ2n) is 3.82. The van der Waals surface area contributed by atoms with Gasteiger partial charge in [-0.1, -0.05) is 25.1 Å².